The molecular formula is C21H13Cl3F7N3O2. The van der Waals surface area contributed by atoms with Crippen LogP contribution >= 0.6 is 34.8 Å². The normalized spacial score (nSPS) is 21.6. The van der Waals surface area contributed by atoms with Crippen LogP contribution in [0.25, 0.3) is 5.70 Å². The minimum Gasteiger partial charge on any atom is -0.335 e. The molecule has 36 heavy (non-hydrogen) atoms. The lowest BCUT2D eigenvalue weighted by Gasteiger charge is -2.44. The van der Waals surface area contributed by atoms with Crippen molar-refractivity contribution < 1.29 is 40.4 Å². The Hall–Kier alpha value is -2.28. The number of halogens is 10. The van der Waals surface area contributed by atoms with Gasteiger partial charge in [0.1, 0.15) is 6.42 Å². The molecule has 2 aromatic rings. The number of benzene rings is 1. The van der Waals surface area contributed by atoms with E-state index < -0.39 is 54.6 Å². The van der Waals surface area contributed by atoms with E-state index in [0.29, 0.717) is 4.90 Å². The first-order valence-electron chi connectivity index (χ1n) is 9.94. The summed E-state index contributed by atoms with van der Waals surface area (Å²) in [6, 6.07) is 4.33. The summed E-state index contributed by atoms with van der Waals surface area (Å²) in [6.07, 6.45) is -9.61. The number of nitrogens with one attached hydrogen (secondary N) is 1. The van der Waals surface area contributed by atoms with Crippen LogP contribution in [-0.4, -0.2) is 41.2 Å². The fourth-order valence-electron chi connectivity index (χ4n) is 3.75. The van der Waals surface area contributed by atoms with Crippen LogP contribution in [-0.2, 0) is 20.9 Å². The molecule has 1 N–H and O–H groups in total. The maximum Gasteiger partial charge on any atom is 0.428 e. The molecule has 194 valence electrons. The number of hydrogen-bond donors (Lipinski definition) is 1. The van der Waals surface area contributed by atoms with E-state index in [4.69, 9.17) is 39.6 Å². The largest absolute Gasteiger partial charge is 0.428 e. The van der Waals surface area contributed by atoms with E-state index in [2.05, 4.69) is 10.5 Å². The molecule has 0 aliphatic carbocycles. The second kappa shape index (κ2) is 8.93. The van der Waals surface area contributed by atoms with Gasteiger partial charge in [0.05, 0.1) is 39.5 Å². The molecule has 2 aliphatic heterocycles. The van der Waals surface area contributed by atoms with Crippen LogP contribution in [0.15, 0.2) is 36.5 Å². The summed E-state index contributed by atoms with van der Waals surface area (Å²) in [5.41, 5.74) is -3.72. The second-order valence-corrected chi connectivity index (χ2v) is 9.38. The third-order valence-corrected chi connectivity index (χ3v) is 6.82. The van der Waals surface area contributed by atoms with Crippen molar-refractivity contribution >= 4 is 46.4 Å². The fourth-order valence-corrected chi connectivity index (χ4v) is 4.35. The van der Waals surface area contributed by atoms with Crippen LogP contribution in [0.3, 0.4) is 0 Å². The van der Waals surface area contributed by atoms with Crippen molar-refractivity contribution in [1.82, 2.24) is 15.4 Å². The molecule has 0 spiro atoms. The lowest BCUT2D eigenvalue weighted by Crippen LogP contribution is -2.59. The summed E-state index contributed by atoms with van der Waals surface area (Å²) < 4.78 is 94.5. The van der Waals surface area contributed by atoms with E-state index in [1.165, 1.54) is 6.07 Å². The van der Waals surface area contributed by atoms with Crippen molar-refractivity contribution in [1.29, 1.82) is 0 Å². The van der Waals surface area contributed by atoms with Crippen molar-refractivity contribution in [3.63, 3.8) is 0 Å². The van der Waals surface area contributed by atoms with Crippen LogP contribution in [0.1, 0.15) is 23.2 Å². The van der Waals surface area contributed by atoms with Crippen molar-refractivity contribution in [3.8, 4) is 0 Å². The minimum absolute atomic E-state index is 0.0870. The number of hydroxylamine groups is 1. The molecule has 1 fully saturated rings. The minimum atomic E-state index is -4.98. The molecule has 1 saturated heterocycles. The molecule has 1 aromatic heterocycles. The summed E-state index contributed by atoms with van der Waals surface area (Å²) >= 11 is 17.6. The Morgan fingerprint density at radius 3 is 2.19 bits per heavy atom. The molecule has 1 atom stereocenters. The SMILES string of the molecule is O=C(CC(F)(F)F)N1CC(F)(c2ccc(C3=CC(c4cc(Cl)c(Cl)c(Cl)c4)(C(F)(F)F)ON3)cn2)C1. The zero-order chi connectivity index (χ0) is 26.7. The first-order chi connectivity index (χ1) is 16.5. The van der Waals surface area contributed by atoms with E-state index in [1.54, 1.807) is 0 Å². The molecule has 5 nitrogen and oxygen atoms in total. The van der Waals surface area contributed by atoms with Crippen LogP contribution in [0, 0.1) is 0 Å². The topological polar surface area (TPSA) is 54.5 Å². The first-order valence-corrected chi connectivity index (χ1v) is 11.1. The fraction of sp³-hybridized carbons (Fsp3) is 0.333. The smallest absolute Gasteiger partial charge is 0.335 e. The molecule has 1 unspecified atom stereocenters. The predicted octanol–water partition coefficient (Wildman–Crippen LogP) is 6.33. The van der Waals surface area contributed by atoms with Gasteiger partial charge in [0, 0.05) is 17.3 Å². The van der Waals surface area contributed by atoms with Gasteiger partial charge in [-0.2, -0.15) is 26.3 Å². The lowest BCUT2D eigenvalue weighted by molar-refractivity contribution is -0.269. The van der Waals surface area contributed by atoms with E-state index in [-0.39, 0.29) is 32.0 Å². The Labute approximate surface area is 213 Å². The van der Waals surface area contributed by atoms with Gasteiger partial charge in [-0.25, -0.2) is 4.39 Å². The maximum atomic E-state index is 15.0. The highest BCUT2D eigenvalue weighted by atomic mass is 35.5. The third-order valence-electron chi connectivity index (χ3n) is 5.62. The number of amides is 1. The Morgan fingerprint density at radius 2 is 1.69 bits per heavy atom. The standard InChI is InChI=1S/C21H13Cl3F7N3O2/c22-12-3-11(4-13(23)17(12)24)19(21(29,30)31)5-14(33-36-19)10-1-2-15(32-7-10)18(25)8-34(9-18)16(35)6-20(26,27)28/h1-5,7,33H,6,8-9H2. The average molecular weight is 579 g/mol. The number of rotatable bonds is 4. The molecule has 15 heteroatoms. The number of aromatic nitrogens is 1. The predicted molar refractivity (Wildman–Crippen MR) is 116 cm³/mol. The quantitative estimate of drug-likeness (QED) is 0.340. The molecule has 0 radical (unpaired) electrons. The van der Waals surface area contributed by atoms with Gasteiger partial charge in [-0.05, 0) is 30.3 Å². The Balaban J connectivity index is 1.57. The number of carbonyl (C=O) groups is 1. The highest BCUT2D eigenvalue weighted by Crippen LogP contribution is 2.49. The number of pyridine rings is 1. The van der Waals surface area contributed by atoms with Crippen molar-refractivity contribution in [2.24, 2.45) is 0 Å². The summed E-state index contributed by atoms with van der Waals surface area (Å²) in [5, 5.41) is -0.587. The van der Waals surface area contributed by atoms with Gasteiger partial charge in [-0.15, -0.1) is 0 Å². The van der Waals surface area contributed by atoms with Gasteiger partial charge >= 0.3 is 12.4 Å². The highest BCUT2D eigenvalue weighted by Gasteiger charge is 2.60. The third kappa shape index (κ3) is 4.83. The van der Waals surface area contributed by atoms with Crippen LogP contribution in [0.2, 0.25) is 15.1 Å². The van der Waals surface area contributed by atoms with Crippen LogP contribution < -0.4 is 5.48 Å². The Kier molecular flexibility index (Phi) is 6.64. The monoisotopic (exact) mass is 577 g/mol. The van der Waals surface area contributed by atoms with Gasteiger partial charge in [0.2, 0.25) is 11.5 Å². The number of carbonyl (C=O) groups excluding carboxylic acids is 1. The van der Waals surface area contributed by atoms with E-state index in [0.717, 1.165) is 30.5 Å². The molecule has 2 aliphatic rings. The zero-order valence-corrected chi connectivity index (χ0v) is 19.8. The highest BCUT2D eigenvalue weighted by molar-refractivity contribution is 6.48. The number of nitrogens with zero attached hydrogens (tertiary/aromatic N) is 2. The van der Waals surface area contributed by atoms with Crippen molar-refractivity contribution in [2.45, 2.75) is 30.0 Å². The first kappa shape index (κ1) is 26.8. The summed E-state index contributed by atoms with van der Waals surface area (Å²) in [4.78, 5) is 21.1. The number of hydrogen-bond acceptors (Lipinski definition) is 4. The van der Waals surface area contributed by atoms with Crippen molar-refractivity contribution in [3.05, 3.63) is 68.4 Å². The van der Waals surface area contributed by atoms with Gasteiger partial charge in [-0.3, -0.25) is 20.1 Å². The summed E-state index contributed by atoms with van der Waals surface area (Å²) in [5.74, 6) is -1.27. The molecule has 1 aromatic carbocycles. The molecule has 3 heterocycles. The maximum absolute atomic E-state index is 15.0. The molecular weight excluding hydrogens is 566 g/mol. The summed E-state index contributed by atoms with van der Waals surface area (Å²) in [6.45, 7) is -1.26. The van der Waals surface area contributed by atoms with Gasteiger partial charge in [0.25, 0.3) is 0 Å². The summed E-state index contributed by atoms with van der Waals surface area (Å²) in [7, 11) is 0. The molecule has 4 rings (SSSR count). The van der Waals surface area contributed by atoms with Gasteiger partial charge in [0.15, 0.2) is 5.67 Å². The van der Waals surface area contributed by atoms with E-state index in [9.17, 15) is 31.1 Å². The Morgan fingerprint density at radius 1 is 1.08 bits per heavy atom. The van der Waals surface area contributed by atoms with Crippen LogP contribution in [0.5, 0.6) is 0 Å². The molecule has 0 bridgehead atoms. The van der Waals surface area contributed by atoms with Crippen molar-refractivity contribution in [2.75, 3.05) is 13.1 Å². The van der Waals surface area contributed by atoms with Crippen LogP contribution in [0.4, 0.5) is 30.7 Å². The lowest BCUT2D eigenvalue weighted by atomic mass is 9.90. The second-order valence-electron chi connectivity index (χ2n) is 8.19. The van der Waals surface area contributed by atoms with Gasteiger partial charge < -0.3 is 4.90 Å². The van der Waals surface area contributed by atoms with Gasteiger partial charge in [-0.1, -0.05) is 34.8 Å². The zero-order valence-electron chi connectivity index (χ0n) is 17.6. The number of likely N-dealkylation sites (tertiary alicyclic amines) is 1. The Bertz CT molecular complexity index is 1210. The van der Waals surface area contributed by atoms with E-state index in [1.807, 2.05) is 0 Å². The van der Waals surface area contributed by atoms with E-state index >= 15 is 4.39 Å². The molecule has 0 saturated carbocycles. The average Bonchev–Trinajstić information content (AvgIpc) is 3.21. The number of alkyl halides is 7. The molecule has 1 amide bonds.